The molecule has 1 aromatic carbocycles. The molecule has 2 N–H and O–H groups in total. The lowest BCUT2D eigenvalue weighted by Crippen LogP contribution is -2.28. The Hall–Kier alpha value is -1.02. The maximum absolute atomic E-state index is 5.98. The van der Waals surface area contributed by atoms with Crippen molar-refractivity contribution in [2.45, 2.75) is 46.1 Å². The predicted molar refractivity (Wildman–Crippen MR) is 73.5 cm³/mol. The van der Waals surface area contributed by atoms with E-state index in [9.17, 15) is 0 Å². The Balaban J connectivity index is 2.44. The highest BCUT2D eigenvalue weighted by molar-refractivity contribution is 5.30. The molecule has 96 valence electrons. The molecule has 0 saturated carbocycles. The molecule has 1 aromatic rings. The molecule has 0 amide bonds. The lowest BCUT2D eigenvalue weighted by Gasteiger charge is -2.16. The van der Waals surface area contributed by atoms with E-state index in [1.54, 1.807) is 0 Å². The number of hydrogen-bond acceptors (Lipinski definition) is 2. The van der Waals surface area contributed by atoms with Gasteiger partial charge in [-0.15, -0.1) is 0 Å². The standard InChI is InChI=1S/C15H25NO/c1-11(2)13-6-5-7-14(10-13)17-9-8-15(16)12(3)4/h5-7,10-12,15H,8-9,16H2,1-4H3. The molecule has 0 radical (unpaired) electrons. The van der Waals surface area contributed by atoms with Crippen LogP contribution in [0.2, 0.25) is 0 Å². The third-order valence-electron chi connectivity index (χ3n) is 3.10. The van der Waals surface area contributed by atoms with Crippen LogP contribution in [0.5, 0.6) is 5.75 Å². The van der Waals surface area contributed by atoms with Crippen LogP contribution in [0.15, 0.2) is 24.3 Å². The lowest BCUT2D eigenvalue weighted by atomic mass is 10.0. The molecule has 1 rings (SSSR count). The summed E-state index contributed by atoms with van der Waals surface area (Å²) in [5.41, 5.74) is 7.29. The fraction of sp³-hybridized carbons (Fsp3) is 0.600. The van der Waals surface area contributed by atoms with Gasteiger partial charge in [-0.25, -0.2) is 0 Å². The molecule has 0 aliphatic rings. The number of benzene rings is 1. The second-order valence-corrected chi connectivity index (χ2v) is 5.27. The first-order valence-electron chi connectivity index (χ1n) is 6.49. The Kier molecular flexibility index (Phi) is 5.49. The van der Waals surface area contributed by atoms with Gasteiger partial charge in [-0.2, -0.15) is 0 Å². The smallest absolute Gasteiger partial charge is 0.119 e. The van der Waals surface area contributed by atoms with Crippen LogP contribution in [-0.2, 0) is 0 Å². The minimum absolute atomic E-state index is 0.225. The van der Waals surface area contributed by atoms with Gasteiger partial charge in [0.25, 0.3) is 0 Å². The Morgan fingerprint density at radius 1 is 1.18 bits per heavy atom. The van der Waals surface area contributed by atoms with E-state index < -0.39 is 0 Å². The van der Waals surface area contributed by atoms with Crippen molar-refractivity contribution in [3.8, 4) is 5.75 Å². The first kappa shape index (κ1) is 14.0. The second-order valence-electron chi connectivity index (χ2n) is 5.27. The molecule has 0 bridgehead atoms. The van der Waals surface area contributed by atoms with Gasteiger partial charge in [0.15, 0.2) is 0 Å². The van der Waals surface area contributed by atoms with Gasteiger partial charge in [0, 0.05) is 6.04 Å². The molecule has 0 heterocycles. The van der Waals surface area contributed by atoms with E-state index in [2.05, 4.69) is 39.8 Å². The molecular formula is C15H25NO. The van der Waals surface area contributed by atoms with Crippen LogP contribution < -0.4 is 10.5 Å². The van der Waals surface area contributed by atoms with Crippen LogP contribution >= 0.6 is 0 Å². The van der Waals surface area contributed by atoms with E-state index >= 15 is 0 Å². The van der Waals surface area contributed by atoms with Gasteiger partial charge in [-0.3, -0.25) is 0 Å². The minimum Gasteiger partial charge on any atom is -0.494 e. The number of hydrogen-bond donors (Lipinski definition) is 1. The van der Waals surface area contributed by atoms with E-state index in [0.717, 1.165) is 12.2 Å². The van der Waals surface area contributed by atoms with Crippen molar-refractivity contribution < 1.29 is 4.74 Å². The maximum atomic E-state index is 5.98. The molecular weight excluding hydrogens is 210 g/mol. The average Bonchev–Trinajstić information content (AvgIpc) is 2.29. The van der Waals surface area contributed by atoms with Crippen molar-refractivity contribution in [3.05, 3.63) is 29.8 Å². The van der Waals surface area contributed by atoms with E-state index in [1.807, 2.05) is 12.1 Å². The molecule has 17 heavy (non-hydrogen) atoms. The van der Waals surface area contributed by atoms with Crippen LogP contribution in [0.4, 0.5) is 0 Å². The van der Waals surface area contributed by atoms with Gasteiger partial charge in [-0.05, 0) is 36.0 Å². The SMILES string of the molecule is CC(C)c1cccc(OCCC(N)C(C)C)c1. The molecule has 0 aliphatic carbocycles. The van der Waals surface area contributed by atoms with Crippen LogP contribution in [0.3, 0.4) is 0 Å². The summed E-state index contributed by atoms with van der Waals surface area (Å²) in [5, 5.41) is 0. The van der Waals surface area contributed by atoms with E-state index in [4.69, 9.17) is 10.5 Å². The van der Waals surface area contributed by atoms with Crippen LogP contribution in [0.25, 0.3) is 0 Å². The van der Waals surface area contributed by atoms with Crippen LogP contribution in [-0.4, -0.2) is 12.6 Å². The summed E-state index contributed by atoms with van der Waals surface area (Å²) in [5.74, 6) is 2.00. The fourth-order valence-electron chi connectivity index (χ4n) is 1.61. The Bertz CT molecular complexity index is 333. The zero-order valence-corrected chi connectivity index (χ0v) is 11.4. The van der Waals surface area contributed by atoms with Crippen molar-refractivity contribution in [2.24, 2.45) is 11.7 Å². The molecule has 1 atom stereocenters. The van der Waals surface area contributed by atoms with Gasteiger partial charge in [0.2, 0.25) is 0 Å². The van der Waals surface area contributed by atoms with E-state index in [-0.39, 0.29) is 6.04 Å². The molecule has 0 spiro atoms. The van der Waals surface area contributed by atoms with Crippen LogP contribution in [0, 0.1) is 5.92 Å². The van der Waals surface area contributed by atoms with Crippen molar-refractivity contribution in [1.82, 2.24) is 0 Å². The van der Waals surface area contributed by atoms with Gasteiger partial charge in [-0.1, -0.05) is 39.8 Å². The van der Waals surface area contributed by atoms with Crippen molar-refractivity contribution in [2.75, 3.05) is 6.61 Å². The summed E-state index contributed by atoms with van der Waals surface area (Å²) in [7, 11) is 0. The Morgan fingerprint density at radius 2 is 1.88 bits per heavy atom. The number of nitrogens with two attached hydrogens (primary N) is 1. The summed E-state index contributed by atoms with van der Waals surface area (Å²) in [6.45, 7) is 9.36. The molecule has 1 unspecified atom stereocenters. The summed E-state index contributed by atoms with van der Waals surface area (Å²) in [6, 6.07) is 8.53. The van der Waals surface area contributed by atoms with Crippen molar-refractivity contribution in [1.29, 1.82) is 0 Å². The first-order chi connectivity index (χ1) is 8.00. The molecule has 2 heteroatoms. The van der Waals surface area contributed by atoms with Crippen LogP contribution in [0.1, 0.15) is 45.6 Å². The highest BCUT2D eigenvalue weighted by Gasteiger charge is 2.07. The van der Waals surface area contributed by atoms with Crippen molar-refractivity contribution in [3.63, 3.8) is 0 Å². The highest BCUT2D eigenvalue weighted by Crippen LogP contribution is 2.20. The van der Waals surface area contributed by atoms with Gasteiger partial charge in [0.05, 0.1) is 6.61 Å². The first-order valence-corrected chi connectivity index (χ1v) is 6.49. The number of ether oxygens (including phenoxy) is 1. The molecule has 0 fully saturated rings. The highest BCUT2D eigenvalue weighted by atomic mass is 16.5. The normalized spacial score (nSPS) is 13.1. The number of rotatable bonds is 6. The molecule has 2 nitrogen and oxygen atoms in total. The van der Waals surface area contributed by atoms with E-state index in [1.165, 1.54) is 5.56 Å². The monoisotopic (exact) mass is 235 g/mol. The largest absolute Gasteiger partial charge is 0.494 e. The quantitative estimate of drug-likeness (QED) is 0.818. The Morgan fingerprint density at radius 3 is 2.47 bits per heavy atom. The predicted octanol–water partition coefficient (Wildman–Crippen LogP) is 3.56. The molecule has 0 aromatic heterocycles. The van der Waals surface area contributed by atoms with Gasteiger partial charge in [0.1, 0.15) is 5.75 Å². The van der Waals surface area contributed by atoms with E-state index in [0.29, 0.717) is 18.4 Å². The third-order valence-corrected chi connectivity index (χ3v) is 3.10. The summed E-state index contributed by atoms with van der Waals surface area (Å²) < 4.78 is 5.74. The Labute approximate surface area is 105 Å². The minimum atomic E-state index is 0.225. The molecule has 0 saturated heterocycles. The zero-order chi connectivity index (χ0) is 12.8. The second kappa shape index (κ2) is 6.65. The third kappa shape index (κ3) is 4.78. The zero-order valence-electron chi connectivity index (χ0n) is 11.4. The average molecular weight is 235 g/mol. The van der Waals surface area contributed by atoms with Gasteiger partial charge < -0.3 is 10.5 Å². The van der Waals surface area contributed by atoms with Crippen molar-refractivity contribution >= 4 is 0 Å². The maximum Gasteiger partial charge on any atom is 0.119 e. The topological polar surface area (TPSA) is 35.2 Å². The summed E-state index contributed by atoms with van der Waals surface area (Å²) in [4.78, 5) is 0. The fourth-order valence-corrected chi connectivity index (χ4v) is 1.61. The molecule has 0 aliphatic heterocycles. The summed E-state index contributed by atoms with van der Waals surface area (Å²) >= 11 is 0. The van der Waals surface area contributed by atoms with Gasteiger partial charge >= 0.3 is 0 Å². The summed E-state index contributed by atoms with van der Waals surface area (Å²) in [6.07, 6.45) is 0.906. The lowest BCUT2D eigenvalue weighted by molar-refractivity contribution is 0.282.